The van der Waals surface area contributed by atoms with Crippen molar-refractivity contribution in [1.82, 2.24) is 14.8 Å². The number of ether oxygens (including phenoxy) is 2. The number of rotatable bonds is 9. The highest BCUT2D eigenvalue weighted by Gasteiger charge is 2.41. The van der Waals surface area contributed by atoms with E-state index in [0.717, 1.165) is 18.2 Å². The van der Waals surface area contributed by atoms with Crippen molar-refractivity contribution < 1.29 is 27.8 Å². The fourth-order valence-corrected chi connectivity index (χ4v) is 5.28. The minimum Gasteiger partial charge on any atom is -0.382 e. The molecule has 0 aliphatic carbocycles. The molecule has 2 heterocycles. The van der Waals surface area contributed by atoms with E-state index in [1.165, 1.54) is 47.3 Å². The Morgan fingerprint density at radius 3 is 2.66 bits per heavy atom. The molecule has 11 heteroatoms. The van der Waals surface area contributed by atoms with Gasteiger partial charge in [0.15, 0.2) is 6.29 Å². The first-order valence-corrected chi connectivity index (χ1v) is 12.7. The summed E-state index contributed by atoms with van der Waals surface area (Å²) in [6, 6.07) is 9.10. The van der Waals surface area contributed by atoms with Crippen molar-refractivity contribution >= 4 is 17.8 Å². The van der Waals surface area contributed by atoms with Crippen molar-refractivity contribution in [3.05, 3.63) is 101 Å². The molecule has 0 amide bonds. The monoisotopic (exact) mass is 542 g/mol. The summed E-state index contributed by atoms with van der Waals surface area (Å²) in [6.07, 6.45) is 8.62. The third-order valence-electron chi connectivity index (χ3n) is 6.01. The third-order valence-corrected chi connectivity index (χ3v) is 7.47. The lowest BCUT2D eigenvalue weighted by Crippen LogP contribution is -2.43. The van der Waals surface area contributed by atoms with Crippen LogP contribution in [0.25, 0.3) is 6.08 Å². The maximum atomic E-state index is 14.7. The summed E-state index contributed by atoms with van der Waals surface area (Å²) in [5.74, 6) is -1.88. The molecule has 2 atom stereocenters. The molecule has 1 aromatic heterocycles. The number of nitriles is 1. The molecule has 7 nitrogen and oxygen atoms in total. The van der Waals surface area contributed by atoms with Crippen LogP contribution in [-0.4, -0.2) is 49.9 Å². The molecule has 0 spiro atoms. The second-order valence-electron chi connectivity index (χ2n) is 8.67. The van der Waals surface area contributed by atoms with Gasteiger partial charge in [0.25, 0.3) is 0 Å². The van der Waals surface area contributed by atoms with Crippen LogP contribution in [0.2, 0.25) is 0 Å². The summed E-state index contributed by atoms with van der Waals surface area (Å²) in [5.41, 5.74) is -1.37. The lowest BCUT2D eigenvalue weighted by Gasteiger charge is -2.37. The Labute approximate surface area is 222 Å². The number of benzene rings is 2. The van der Waals surface area contributed by atoms with Crippen molar-refractivity contribution in [2.24, 2.45) is 0 Å². The van der Waals surface area contributed by atoms with Gasteiger partial charge in [-0.3, -0.25) is 0 Å². The summed E-state index contributed by atoms with van der Waals surface area (Å²) in [6.45, 7) is 2.19. The third kappa shape index (κ3) is 6.71. The first-order chi connectivity index (χ1) is 18.3. The maximum Gasteiger partial charge on any atom is 0.177 e. The zero-order chi connectivity index (χ0) is 27.1. The lowest BCUT2D eigenvalue weighted by atomic mass is 9.90. The van der Waals surface area contributed by atoms with E-state index in [9.17, 15) is 18.3 Å². The summed E-state index contributed by atoms with van der Waals surface area (Å²) >= 11 is 1.34. The number of aromatic nitrogens is 3. The van der Waals surface area contributed by atoms with Crippen LogP contribution < -0.4 is 0 Å². The van der Waals surface area contributed by atoms with Crippen molar-refractivity contribution in [1.29, 1.82) is 5.26 Å². The highest BCUT2D eigenvalue weighted by Crippen LogP contribution is 2.38. The van der Waals surface area contributed by atoms with Crippen LogP contribution in [-0.2, 0) is 21.6 Å². The molecule has 38 heavy (non-hydrogen) atoms. The summed E-state index contributed by atoms with van der Waals surface area (Å²) in [4.78, 5) is 3.87. The van der Waals surface area contributed by atoms with Crippen LogP contribution in [0.15, 0.2) is 67.3 Å². The van der Waals surface area contributed by atoms with E-state index in [-0.39, 0.29) is 22.9 Å². The molecule has 1 aliphatic rings. The number of hydrogen-bond donors (Lipinski definition) is 1. The molecule has 1 fully saturated rings. The molecule has 4 rings (SSSR count). The normalized spacial score (nSPS) is 20.4. The van der Waals surface area contributed by atoms with Gasteiger partial charge in [-0.25, -0.2) is 22.8 Å². The van der Waals surface area contributed by atoms with Gasteiger partial charge in [-0.1, -0.05) is 31.2 Å². The number of halogens is 3. The minimum atomic E-state index is -1.80. The van der Waals surface area contributed by atoms with Crippen LogP contribution in [0, 0.1) is 28.8 Å². The van der Waals surface area contributed by atoms with E-state index in [1.807, 2.05) is 6.07 Å². The Bertz CT molecular complexity index is 1340. The van der Waals surface area contributed by atoms with Gasteiger partial charge in [-0.05, 0) is 36.4 Å². The Kier molecular flexibility index (Phi) is 9.01. The number of thioether (sulfide) groups is 1. The number of hydrogen-bond acceptors (Lipinski definition) is 7. The van der Waals surface area contributed by atoms with Crippen molar-refractivity contribution in [3.63, 3.8) is 0 Å². The minimum absolute atomic E-state index is 0.131. The van der Waals surface area contributed by atoms with Gasteiger partial charge in [0.1, 0.15) is 35.7 Å². The quantitative estimate of drug-likeness (QED) is 0.396. The molecule has 0 bridgehead atoms. The summed E-state index contributed by atoms with van der Waals surface area (Å²) in [5, 5.41) is 23.7. The van der Waals surface area contributed by atoms with Crippen molar-refractivity contribution in [2.45, 2.75) is 35.9 Å². The molecular weight excluding hydrogens is 517 g/mol. The van der Waals surface area contributed by atoms with Gasteiger partial charge in [-0.2, -0.15) is 10.4 Å². The SMILES string of the molecule is C[C@@H](S[C@H]1CO[C@H](C=CC=Cc2ccc(C#N)cc2F)OC1)[C@](O)(Cn1cncn1)c1cc(F)ccc1F. The Morgan fingerprint density at radius 1 is 1.18 bits per heavy atom. The molecule has 0 unspecified atom stereocenters. The van der Waals surface area contributed by atoms with Gasteiger partial charge in [0.05, 0.1) is 36.6 Å². The number of nitrogens with zero attached hydrogens (tertiary/aromatic N) is 4. The van der Waals surface area contributed by atoms with E-state index in [4.69, 9.17) is 14.7 Å². The average molecular weight is 543 g/mol. The molecule has 0 radical (unpaired) electrons. The molecule has 3 aromatic rings. The summed E-state index contributed by atoms with van der Waals surface area (Å²) in [7, 11) is 0. The van der Waals surface area contributed by atoms with Gasteiger partial charge in [-0.15, -0.1) is 11.8 Å². The van der Waals surface area contributed by atoms with Gasteiger partial charge >= 0.3 is 0 Å². The topological polar surface area (TPSA) is 93.2 Å². The predicted octanol–water partition coefficient (Wildman–Crippen LogP) is 4.59. The van der Waals surface area contributed by atoms with E-state index in [0.29, 0.717) is 18.8 Å². The van der Waals surface area contributed by atoms with E-state index < -0.39 is 34.6 Å². The molecule has 0 saturated carbocycles. The highest BCUT2D eigenvalue weighted by molar-refractivity contribution is 8.00. The Balaban J connectivity index is 1.36. The predicted molar refractivity (Wildman–Crippen MR) is 136 cm³/mol. The molecular formula is C27H25F3N4O3S. The smallest absolute Gasteiger partial charge is 0.177 e. The van der Waals surface area contributed by atoms with Crippen molar-refractivity contribution in [2.75, 3.05) is 13.2 Å². The van der Waals surface area contributed by atoms with Crippen LogP contribution in [0.4, 0.5) is 13.2 Å². The van der Waals surface area contributed by atoms with Gasteiger partial charge in [0.2, 0.25) is 0 Å². The Hall–Kier alpha value is -3.43. The van der Waals surface area contributed by atoms with Gasteiger partial charge in [0, 0.05) is 16.4 Å². The lowest BCUT2D eigenvalue weighted by molar-refractivity contribution is -0.146. The zero-order valence-corrected chi connectivity index (χ0v) is 21.2. The van der Waals surface area contributed by atoms with Crippen LogP contribution >= 0.6 is 11.8 Å². The molecule has 2 aromatic carbocycles. The summed E-state index contributed by atoms with van der Waals surface area (Å²) < 4.78 is 55.5. The number of allylic oxidation sites excluding steroid dienone is 2. The fraction of sp³-hybridized carbons (Fsp3) is 0.296. The largest absolute Gasteiger partial charge is 0.382 e. The fourth-order valence-electron chi connectivity index (χ4n) is 3.96. The number of aliphatic hydroxyl groups is 1. The second kappa shape index (κ2) is 12.4. The standard InChI is InChI=1S/C27H25F3N4O3S/c1-18(27(35,15-34-17-32-16-33-34)23-11-21(28)8-9-24(23)29)38-22-13-36-26(37-14-22)5-3-2-4-20-7-6-19(12-31)10-25(20)30/h2-11,16-18,22,26,35H,13-15H2,1H3/t18-,22-,26-,27-/m1/s1. The van der Waals surface area contributed by atoms with Gasteiger partial charge < -0.3 is 14.6 Å². The first-order valence-electron chi connectivity index (χ1n) is 11.7. The second-order valence-corrected chi connectivity index (χ2v) is 10.3. The zero-order valence-electron chi connectivity index (χ0n) is 20.4. The van der Waals surface area contributed by atoms with Crippen molar-refractivity contribution in [3.8, 4) is 6.07 Å². The van der Waals surface area contributed by atoms with E-state index in [2.05, 4.69) is 10.1 Å². The maximum absolute atomic E-state index is 14.7. The Morgan fingerprint density at radius 2 is 1.97 bits per heavy atom. The van der Waals surface area contributed by atoms with Crippen LogP contribution in [0.1, 0.15) is 23.6 Å². The van der Waals surface area contributed by atoms with Crippen LogP contribution in [0.5, 0.6) is 0 Å². The van der Waals surface area contributed by atoms with E-state index in [1.54, 1.807) is 31.2 Å². The average Bonchev–Trinajstić information content (AvgIpc) is 3.42. The molecule has 1 saturated heterocycles. The highest BCUT2D eigenvalue weighted by atomic mass is 32.2. The van der Waals surface area contributed by atoms with Crippen LogP contribution in [0.3, 0.4) is 0 Å². The van der Waals surface area contributed by atoms with E-state index >= 15 is 0 Å². The molecule has 198 valence electrons. The molecule has 1 aliphatic heterocycles. The molecule has 1 N–H and O–H groups in total. The first kappa shape index (κ1) is 27.6.